The van der Waals surface area contributed by atoms with E-state index in [0.29, 0.717) is 0 Å². The fourth-order valence-electron chi connectivity index (χ4n) is 0.589. The molecule has 1 heteroatoms. The highest BCUT2D eigenvalue weighted by molar-refractivity contribution is 5.12. The topological polar surface area (TPSA) is 23.1 Å². The Hall–Kier alpha value is -0.720. The van der Waals surface area contributed by atoms with Crippen molar-refractivity contribution in [1.82, 2.24) is 0 Å². The molecule has 0 saturated carbocycles. The van der Waals surface area contributed by atoms with Gasteiger partial charge in [-0.15, -0.1) is 5.76 Å². The predicted molar refractivity (Wildman–Crippen MR) is 26.5 cm³/mol. The Kier molecular flexibility index (Phi) is 1.16. The van der Waals surface area contributed by atoms with Gasteiger partial charge in [-0.3, -0.25) is 0 Å². The first-order valence-electron chi connectivity index (χ1n) is 2.43. The summed E-state index contributed by atoms with van der Waals surface area (Å²) in [5, 5.41) is 10.3. The van der Waals surface area contributed by atoms with Crippen LogP contribution >= 0.6 is 0 Å². The van der Waals surface area contributed by atoms with Crippen molar-refractivity contribution in [3.63, 3.8) is 0 Å². The van der Waals surface area contributed by atoms with Crippen LogP contribution in [-0.4, -0.2) is 0 Å². The summed E-state index contributed by atoms with van der Waals surface area (Å²) in [7, 11) is 0. The first-order valence-corrected chi connectivity index (χ1v) is 2.43. The molecule has 0 bridgehead atoms. The second-order valence-electron chi connectivity index (χ2n) is 1.59. The van der Waals surface area contributed by atoms with E-state index in [0.717, 1.165) is 12.8 Å². The Morgan fingerprint density at radius 1 is 1.43 bits per heavy atom. The van der Waals surface area contributed by atoms with Crippen LogP contribution in [0.1, 0.15) is 12.8 Å². The fourth-order valence-corrected chi connectivity index (χ4v) is 0.589. The summed E-state index contributed by atoms with van der Waals surface area (Å²) < 4.78 is 0. The smallest absolute Gasteiger partial charge is 0.0313 e. The Labute approximate surface area is 43.0 Å². The van der Waals surface area contributed by atoms with Crippen molar-refractivity contribution < 1.29 is 5.11 Å². The van der Waals surface area contributed by atoms with Crippen LogP contribution < -0.4 is 5.11 Å². The summed E-state index contributed by atoms with van der Waals surface area (Å²) >= 11 is 0. The van der Waals surface area contributed by atoms with E-state index < -0.39 is 0 Å². The third kappa shape index (κ3) is 1.07. The zero-order chi connectivity index (χ0) is 5.11. The van der Waals surface area contributed by atoms with Crippen LogP contribution in [-0.2, 0) is 0 Å². The molecule has 0 unspecified atom stereocenters. The molecule has 0 aliphatic heterocycles. The lowest BCUT2D eigenvalue weighted by Crippen LogP contribution is -2.01. The molecule has 0 fully saturated rings. The molecule has 1 aliphatic carbocycles. The molecule has 0 radical (unpaired) electrons. The third-order valence-corrected chi connectivity index (χ3v) is 0.961. The van der Waals surface area contributed by atoms with E-state index >= 15 is 0 Å². The number of hydrogen-bond donors (Lipinski definition) is 0. The summed E-state index contributed by atoms with van der Waals surface area (Å²) in [6.45, 7) is 0. The summed E-state index contributed by atoms with van der Waals surface area (Å²) in [4.78, 5) is 0. The molecule has 0 amide bonds. The Morgan fingerprint density at radius 2 is 2.29 bits per heavy atom. The molecule has 0 aromatic rings. The summed E-state index contributed by atoms with van der Waals surface area (Å²) in [6.07, 6.45) is 7.19. The lowest BCUT2D eigenvalue weighted by molar-refractivity contribution is -0.295. The lowest BCUT2D eigenvalue weighted by atomic mass is 10.2. The summed E-state index contributed by atoms with van der Waals surface area (Å²) in [6, 6.07) is 0. The van der Waals surface area contributed by atoms with Gasteiger partial charge in [-0.05, 0) is 12.8 Å². The maximum absolute atomic E-state index is 10.3. The number of hydrogen-bond acceptors (Lipinski definition) is 1. The van der Waals surface area contributed by atoms with Gasteiger partial charge < -0.3 is 5.11 Å². The maximum Gasteiger partial charge on any atom is -0.0313 e. The molecule has 7 heavy (non-hydrogen) atoms. The van der Waals surface area contributed by atoms with Gasteiger partial charge in [-0.25, -0.2) is 0 Å². The van der Waals surface area contributed by atoms with Crippen LogP contribution in [0.4, 0.5) is 0 Å². The molecule has 0 saturated heterocycles. The zero-order valence-electron chi connectivity index (χ0n) is 4.05. The fraction of sp³-hybridized carbons (Fsp3) is 0.333. The minimum absolute atomic E-state index is 0.159. The van der Waals surface area contributed by atoms with Gasteiger partial charge in [0.1, 0.15) is 0 Å². The zero-order valence-corrected chi connectivity index (χ0v) is 4.05. The van der Waals surface area contributed by atoms with Gasteiger partial charge in [0.15, 0.2) is 0 Å². The average Bonchev–Trinajstić information content (AvgIpc) is 1.69. The molecule has 0 aromatic carbocycles. The van der Waals surface area contributed by atoms with Crippen molar-refractivity contribution in [1.29, 1.82) is 0 Å². The molecular formula is C6H7O-. The van der Waals surface area contributed by atoms with Gasteiger partial charge >= 0.3 is 0 Å². The van der Waals surface area contributed by atoms with Crippen LogP contribution in [0, 0.1) is 0 Å². The van der Waals surface area contributed by atoms with Crippen molar-refractivity contribution >= 4 is 0 Å². The van der Waals surface area contributed by atoms with Gasteiger partial charge in [0.2, 0.25) is 0 Å². The molecule has 0 heterocycles. The van der Waals surface area contributed by atoms with Gasteiger partial charge in [0.25, 0.3) is 0 Å². The van der Waals surface area contributed by atoms with E-state index in [1.54, 1.807) is 12.2 Å². The summed E-state index contributed by atoms with van der Waals surface area (Å²) in [5.74, 6) is 0.159. The SMILES string of the molecule is [O-]C1=CCCC=C1. The van der Waals surface area contributed by atoms with Gasteiger partial charge in [-0.1, -0.05) is 18.2 Å². The van der Waals surface area contributed by atoms with E-state index in [2.05, 4.69) is 0 Å². The van der Waals surface area contributed by atoms with Crippen LogP contribution in [0.3, 0.4) is 0 Å². The van der Waals surface area contributed by atoms with Gasteiger partial charge in [-0.2, -0.15) is 0 Å². The standard InChI is InChI=1S/C6H8O/c7-6-4-2-1-3-5-6/h2,4-5,7H,1,3H2/p-1. The average molecular weight is 95.1 g/mol. The highest BCUT2D eigenvalue weighted by atomic mass is 16.3. The molecule has 0 aromatic heterocycles. The van der Waals surface area contributed by atoms with Gasteiger partial charge in [0, 0.05) is 0 Å². The van der Waals surface area contributed by atoms with E-state index in [-0.39, 0.29) is 5.76 Å². The van der Waals surface area contributed by atoms with Crippen LogP contribution in [0.25, 0.3) is 0 Å². The van der Waals surface area contributed by atoms with E-state index in [1.165, 1.54) is 0 Å². The molecule has 1 nitrogen and oxygen atoms in total. The number of rotatable bonds is 0. The van der Waals surface area contributed by atoms with Crippen molar-refractivity contribution in [3.8, 4) is 0 Å². The highest BCUT2D eigenvalue weighted by Gasteiger charge is 1.81. The molecule has 0 N–H and O–H groups in total. The molecule has 0 atom stereocenters. The van der Waals surface area contributed by atoms with Crippen LogP contribution in [0.5, 0.6) is 0 Å². The van der Waals surface area contributed by atoms with E-state index in [9.17, 15) is 5.11 Å². The van der Waals surface area contributed by atoms with Crippen LogP contribution in [0.2, 0.25) is 0 Å². The minimum Gasteiger partial charge on any atom is -0.873 e. The second-order valence-corrected chi connectivity index (χ2v) is 1.59. The van der Waals surface area contributed by atoms with Crippen molar-refractivity contribution in [2.24, 2.45) is 0 Å². The number of allylic oxidation sites excluding steroid dienone is 3. The van der Waals surface area contributed by atoms with Crippen molar-refractivity contribution in [2.45, 2.75) is 12.8 Å². The summed E-state index contributed by atoms with van der Waals surface area (Å²) in [5.41, 5.74) is 0. The molecule has 0 spiro atoms. The Morgan fingerprint density at radius 3 is 2.57 bits per heavy atom. The van der Waals surface area contributed by atoms with E-state index in [4.69, 9.17) is 0 Å². The molecule has 1 rings (SSSR count). The Bertz CT molecular complexity index is 111. The van der Waals surface area contributed by atoms with Gasteiger partial charge in [0.05, 0.1) is 0 Å². The first kappa shape index (κ1) is 4.44. The van der Waals surface area contributed by atoms with Crippen molar-refractivity contribution in [3.05, 3.63) is 24.0 Å². The first-order chi connectivity index (χ1) is 3.39. The van der Waals surface area contributed by atoms with Crippen molar-refractivity contribution in [2.75, 3.05) is 0 Å². The lowest BCUT2D eigenvalue weighted by Gasteiger charge is -2.08. The second kappa shape index (κ2) is 1.82. The highest BCUT2D eigenvalue weighted by Crippen LogP contribution is 2.02. The molecule has 38 valence electrons. The maximum atomic E-state index is 10.3. The Balaban J connectivity index is 2.58. The van der Waals surface area contributed by atoms with Crippen LogP contribution in [0.15, 0.2) is 24.0 Å². The largest absolute Gasteiger partial charge is 0.873 e. The third-order valence-electron chi connectivity index (χ3n) is 0.961. The normalized spacial score (nSPS) is 19.1. The monoisotopic (exact) mass is 95.1 g/mol. The predicted octanol–water partition coefficient (Wildman–Crippen LogP) is 0.581. The molecule has 1 aliphatic rings. The minimum atomic E-state index is 0.159. The molecular weight excluding hydrogens is 88.1 g/mol. The van der Waals surface area contributed by atoms with E-state index in [1.807, 2.05) is 6.08 Å². The quantitative estimate of drug-likeness (QED) is 0.431.